The molecule has 2 atom stereocenters. The van der Waals surface area contributed by atoms with Crippen molar-refractivity contribution < 1.29 is 19.2 Å². The summed E-state index contributed by atoms with van der Waals surface area (Å²) < 4.78 is 0. The van der Waals surface area contributed by atoms with Crippen molar-refractivity contribution in [2.75, 3.05) is 19.6 Å². The van der Waals surface area contributed by atoms with Gasteiger partial charge in [0.05, 0.1) is 6.04 Å². The Balaban J connectivity index is 1.35. The van der Waals surface area contributed by atoms with Gasteiger partial charge in [0.2, 0.25) is 17.7 Å². The molecule has 5 amide bonds. The van der Waals surface area contributed by atoms with Crippen molar-refractivity contribution in [3.05, 3.63) is 47.4 Å². The number of benzene rings is 1. The Labute approximate surface area is 210 Å². The minimum Gasteiger partial charge on any atom is -0.356 e. The second kappa shape index (κ2) is 11.7. The third-order valence-corrected chi connectivity index (χ3v) is 8.10. The Morgan fingerprint density at radius 1 is 1.06 bits per heavy atom. The summed E-state index contributed by atoms with van der Waals surface area (Å²) in [6.07, 6.45) is 5.90. The zero-order chi connectivity index (χ0) is 24.8. The number of carbonyl (C=O) groups excluding carboxylic acids is 4. The van der Waals surface area contributed by atoms with Crippen molar-refractivity contribution in [2.45, 2.75) is 56.9 Å². The SMILES string of the molecule is CCCNC(=O)C1CCC(CN2C(=O)C3SC=CC3N(CC(=O)NCc3ccccc3)C2=O)CC1. The maximum Gasteiger partial charge on any atom is 0.327 e. The Kier molecular flexibility index (Phi) is 8.49. The largest absolute Gasteiger partial charge is 0.356 e. The summed E-state index contributed by atoms with van der Waals surface area (Å²) in [5.74, 6) is -0.144. The Morgan fingerprint density at radius 3 is 2.51 bits per heavy atom. The van der Waals surface area contributed by atoms with Gasteiger partial charge in [0.25, 0.3) is 0 Å². The number of amides is 5. The van der Waals surface area contributed by atoms with Gasteiger partial charge in [-0.3, -0.25) is 19.3 Å². The normalized spacial score (nSPS) is 26.0. The second-order valence-electron chi connectivity index (χ2n) is 9.51. The van der Waals surface area contributed by atoms with Gasteiger partial charge < -0.3 is 15.5 Å². The van der Waals surface area contributed by atoms with Crippen LogP contribution in [0.5, 0.6) is 0 Å². The predicted octanol–water partition coefficient (Wildman–Crippen LogP) is 2.90. The van der Waals surface area contributed by atoms with Crippen LogP contribution in [0.1, 0.15) is 44.6 Å². The van der Waals surface area contributed by atoms with Gasteiger partial charge in [0.15, 0.2) is 0 Å². The van der Waals surface area contributed by atoms with Crippen LogP contribution in [0, 0.1) is 11.8 Å². The van der Waals surface area contributed by atoms with E-state index in [4.69, 9.17) is 0 Å². The van der Waals surface area contributed by atoms with Crippen LogP contribution in [0.25, 0.3) is 0 Å². The van der Waals surface area contributed by atoms with Crippen molar-refractivity contribution in [3.8, 4) is 0 Å². The molecule has 0 spiro atoms. The summed E-state index contributed by atoms with van der Waals surface area (Å²) in [6, 6.07) is 8.80. The lowest BCUT2D eigenvalue weighted by Gasteiger charge is -2.42. The fourth-order valence-electron chi connectivity index (χ4n) is 5.00. The Hall–Kier alpha value is -2.81. The zero-order valence-corrected chi connectivity index (χ0v) is 21.0. The maximum atomic E-state index is 13.4. The van der Waals surface area contributed by atoms with E-state index in [2.05, 4.69) is 10.6 Å². The van der Waals surface area contributed by atoms with Crippen LogP contribution in [0.2, 0.25) is 0 Å². The van der Waals surface area contributed by atoms with Crippen LogP contribution >= 0.6 is 11.8 Å². The van der Waals surface area contributed by atoms with Crippen molar-refractivity contribution in [1.29, 1.82) is 0 Å². The van der Waals surface area contributed by atoms with Gasteiger partial charge in [-0.1, -0.05) is 43.3 Å². The van der Waals surface area contributed by atoms with Crippen molar-refractivity contribution in [2.24, 2.45) is 11.8 Å². The lowest BCUT2D eigenvalue weighted by atomic mass is 9.81. The Bertz CT molecular complexity index is 961. The van der Waals surface area contributed by atoms with Crippen LogP contribution in [0.15, 0.2) is 41.8 Å². The fourth-order valence-corrected chi connectivity index (χ4v) is 6.06. The number of carbonyl (C=O) groups is 4. The van der Waals surface area contributed by atoms with Gasteiger partial charge in [-0.2, -0.15) is 0 Å². The number of hydrogen-bond donors (Lipinski definition) is 2. The van der Waals surface area contributed by atoms with Crippen LogP contribution in [0.3, 0.4) is 0 Å². The van der Waals surface area contributed by atoms with Crippen LogP contribution in [-0.4, -0.2) is 64.5 Å². The molecule has 2 heterocycles. The minimum atomic E-state index is -0.411. The predicted molar refractivity (Wildman–Crippen MR) is 135 cm³/mol. The van der Waals surface area contributed by atoms with E-state index < -0.39 is 17.3 Å². The molecule has 2 aliphatic heterocycles. The molecule has 0 bridgehead atoms. The first-order chi connectivity index (χ1) is 17.0. The van der Waals surface area contributed by atoms with Crippen molar-refractivity contribution >= 4 is 35.5 Å². The summed E-state index contributed by atoms with van der Waals surface area (Å²) in [7, 11) is 0. The number of thioether (sulfide) groups is 1. The second-order valence-corrected chi connectivity index (χ2v) is 10.6. The smallest absolute Gasteiger partial charge is 0.327 e. The average molecular weight is 499 g/mol. The summed E-state index contributed by atoms with van der Waals surface area (Å²) in [5, 5.41) is 7.28. The first kappa shape index (κ1) is 25.3. The molecule has 2 unspecified atom stereocenters. The number of imide groups is 1. The molecule has 9 heteroatoms. The average Bonchev–Trinajstić information content (AvgIpc) is 3.37. The van der Waals surface area contributed by atoms with E-state index >= 15 is 0 Å². The first-order valence-corrected chi connectivity index (χ1v) is 13.4. The highest BCUT2D eigenvalue weighted by Gasteiger charge is 2.48. The van der Waals surface area contributed by atoms with E-state index in [-0.39, 0.29) is 36.1 Å². The molecule has 1 saturated heterocycles. The first-order valence-electron chi connectivity index (χ1n) is 12.5. The van der Waals surface area contributed by atoms with Gasteiger partial charge in [0.1, 0.15) is 11.8 Å². The third-order valence-electron chi connectivity index (χ3n) is 7.01. The molecular formula is C26H34N4O4S. The summed E-state index contributed by atoms with van der Waals surface area (Å²) in [5.41, 5.74) is 0.982. The number of rotatable bonds is 9. The molecule has 3 aliphatic rings. The lowest BCUT2D eigenvalue weighted by Crippen LogP contribution is -2.63. The van der Waals surface area contributed by atoms with Gasteiger partial charge in [-0.05, 0) is 49.0 Å². The van der Waals surface area contributed by atoms with E-state index in [0.717, 1.165) is 37.7 Å². The molecule has 8 nitrogen and oxygen atoms in total. The topological polar surface area (TPSA) is 98.8 Å². The molecule has 1 aromatic carbocycles. The van der Waals surface area contributed by atoms with E-state index in [1.807, 2.05) is 48.7 Å². The lowest BCUT2D eigenvalue weighted by molar-refractivity contribution is -0.134. The standard InChI is InChI=1S/C26H34N4O4S/c1-2-13-27-24(32)20-10-8-19(9-11-20)16-30-25(33)23-21(12-14-35-23)29(26(30)34)17-22(31)28-15-18-6-4-3-5-7-18/h3-7,12,14,19-21,23H,2,8-11,13,15-17H2,1H3,(H,27,32)(H,28,31). The summed E-state index contributed by atoms with van der Waals surface area (Å²) in [6.45, 7) is 3.36. The fraction of sp³-hybridized carbons (Fsp3) is 0.538. The maximum absolute atomic E-state index is 13.4. The van der Waals surface area contributed by atoms with Gasteiger partial charge >= 0.3 is 6.03 Å². The summed E-state index contributed by atoms with van der Waals surface area (Å²) >= 11 is 1.40. The molecular weight excluding hydrogens is 464 g/mol. The number of nitrogens with zero attached hydrogens (tertiary/aromatic N) is 2. The number of urea groups is 1. The highest BCUT2D eigenvalue weighted by Crippen LogP contribution is 2.36. The van der Waals surface area contributed by atoms with Gasteiger partial charge in [-0.15, -0.1) is 11.8 Å². The van der Waals surface area contributed by atoms with Crippen molar-refractivity contribution in [3.63, 3.8) is 0 Å². The molecule has 4 rings (SSSR count). The molecule has 0 aromatic heterocycles. The minimum absolute atomic E-state index is 0.00864. The van der Waals surface area contributed by atoms with Crippen molar-refractivity contribution in [1.82, 2.24) is 20.4 Å². The van der Waals surface area contributed by atoms with Gasteiger partial charge in [-0.25, -0.2) is 4.79 Å². The zero-order valence-electron chi connectivity index (χ0n) is 20.2. The molecule has 188 valence electrons. The van der Waals surface area contributed by atoms with E-state index in [1.165, 1.54) is 21.6 Å². The van der Waals surface area contributed by atoms with Crippen LogP contribution in [-0.2, 0) is 20.9 Å². The Morgan fingerprint density at radius 2 is 1.80 bits per heavy atom. The molecule has 35 heavy (non-hydrogen) atoms. The molecule has 1 saturated carbocycles. The quantitative estimate of drug-likeness (QED) is 0.546. The number of fused-ring (bicyclic) bond motifs is 1. The van der Waals surface area contributed by atoms with Crippen LogP contribution < -0.4 is 10.6 Å². The highest BCUT2D eigenvalue weighted by molar-refractivity contribution is 8.03. The molecule has 1 aliphatic carbocycles. The van der Waals surface area contributed by atoms with Gasteiger partial charge in [0, 0.05) is 25.6 Å². The highest BCUT2D eigenvalue weighted by atomic mass is 32.2. The van der Waals surface area contributed by atoms with E-state index in [1.54, 1.807) is 0 Å². The van der Waals surface area contributed by atoms with Crippen LogP contribution in [0.4, 0.5) is 4.79 Å². The molecule has 1 aromatic rings. The number of nitrogens with one attached hydrogen (secondary N) is 2. The monoisotopic (exact) mass is 498 g/mol. The van der Waals surface area contributed by atoms with E-state index in [9.17, 15) is 19.2 Å². The third kappa shape index (κ3) is 6.07. The summed E-state index contributed by atoms with van der Waals surface area (Å²) in [4.78, 5) is 54.4. The number of hydrogen-bond acceptors (Lipinski definition) is 5. The van der Waals surface area contributed by atoms with E-state index in [0.29, 0.717) is 19.6 Å². The molecule has 2 fully saturated rings. The molecule has 0 radical (unpaired) electrons. The molecule has 2 N–H and O–H groups in total.